The van der Waals surface area contributed by atoms with Crippen LogP contribution in [-0.4, -0.2) is 96.7 Å². The molecule has 0 aliphatic carbocycles. The van der Waals surface area contributed by atoms with Crippen LogP contribution >= 0.6 is 15.6 Å². The van der Waals surface area contributed by atoms with Gasteiger partial charge in [-0.3, -0.25) is 37.3 Å². The van der Waals surface area contributed by atoms with Crippen LogP contribution in [0.1, 0.15) is 510 Å². The SMILES string of the molecule is CCCCCCCCCCCCCCCCCCCCCCCCC(=O)OC[C@H](COP(=O)(O)OC[C@@H](O)COP(=O)(O)OC[C@@H](COC(=O)CCCCCCCCCC(C)C)OC(=O)CCCCCCCCCCCCCCCCCCCCC)OC(=O)CCCCCCCCCCCCCCCCCCCCC(C)CC. The van der Waals surface area contributed by atoms with Crippen LogP contribution in [0.2, 0.25) is 0 Å². The smallest absolute Gasteiger partial charge is 0.462 e. The zero-order valence-corrected chi connectivity index (χ0v) is 76.5. The lowest BCUT2D eigenvalue weighted by molar-refractivity contribution is -0.161. The Balaban J connectivity index is 5.21. The fraction of sp³-hybridized carbons (Fsp3) is 0.957. The van der Waals surface area contributed by atoms with E-state index in [1.807, 2.05) is 0 Å². The van der Waals surface area contributed by atoms with Gasteiger partial charge in [0.15, 0.2) is 12.2 Å². The number of rotatable bonds is 93. The molecule has 3 N–H and O–H groups in total. The zero-order chi connectivity index (χ0) is 82.7. The highest BCUT2D eigenvalue weighted by Crippen LogP contribution is 2.45. The predicted octanol–water partition coefficient (Wildman–Crippen LogP) is 29.4. The van der Waals surface area contributed by atoms with Gasteiger partial charge in [0.2, 0.25) is 0 Å². The molecule has 0 heterocycles. The molecule has 0 aliphatic rings. The molecule has 0 bridgehead atoms. The lowest BCUT2D eigenvalue weighted by atomic mass is 9.99. The van der Waals surface area contributed by atoms with E-state index in [0.717, 1.165) is 102 Å². The summed E-state index contributed by atoms with van der Waals surface area (Å²) in [5.74, 6) is -0.519. The van der Waals surface area contributed by atoms with E-state index in [1.54, 1.807) is 0 Å². The number of ether oxygens (including phenoxy) is 4. The molecule has 0 saturated carbocycles. The molecule has 19 heteroatoms. The van der Waals surface area contributed by atoms with Gasteiger partial charge in [0.25, 0.3) is 0 Å². The van der Waals surface area contributed by atoms with Crippen molar-refractivity contribution >= 4 is 39.5 Å². The molecule has 0 aromatic carbocycles. The van der Waals surface area contributed by atoms with E-state index in [0.29, 0.717) is 31.6 Å². The molecule has 17 nitrogen and oxygen atoms in total. The van der Waals surface area contributed by atoms with Crippen molar-refractivity contribution in [1.82, 2.24) is 0 Å². The number of carbonyl (C=O) groups is 4. The Morgan fingerprint density at radius 3 is 0.673 bits per heavy atom. The molecule has 0 spiro atoms. The summed E-state index contributed by atoms with van der Waals surface area (Å²) < 4.78 is 69.1. The van der Waals surface area contributed by atoms with Gasteiger partial charge in [0.1, 0.15) is 19.3 Å². The quantitative estimate of drug-likeness (QED) is 0.0222. The van der Waals surface area contributed by atoms with Crippen molar-refractivity contribution < 1.29 is 80.2 Å². The van der Waals surface area contributed by atoms with E-state index in [-0.39, 0.29) is 25.7 Å². The number of hydrogen-bond donors (Lipinski definition) is 3. The summed E-state index contributed by atoms with van der Waals surface area (Å²) in [6, 6.07) is 0. The molecule has 0 amide bonds. The van der Waals surface area contributed by atoms with E-state index in [1.165, 1.54) is 321 Å². The molecule has 0 fully saturated rings. The highest BCUT2D eigenvalue weighted by atomic mass is 31.2. The molecular formula is C94H184O17P2. The van der Waals surface area contributed by atoms with Crippen molar-refractivity contribution in [3.8, 4) is 0 Å². The summed E-state index contributed by atoms with van der Waals surface area (Å²) >= 11 is 0. The normalized spacial score (nSPS) is 13.9. The minimum Gasteiger partial charge on any atom is -0.462 e. The molecule has 6 atom stereocenters. The Morgan fingerprint density at radius 1 is 0.257 bits per heavy atom. The van der Waals surface area contributed by atoms with Gasteiger partial charge in [-0.05, 0) is 37.5 Å². The summed E-state index contributed by atoms with van der Waals surface area (Å²) in [6.45, 7) is 9.73. The first-order valence-electron chi connectivity index (χ1n) is 48.5. The molecule has 113 heavy (non-hydrogen) atoms. The minimum absolute atomic E-state index is 0.108. The fourth-order valence-corrected chi connectivity index (χ4v) is 16.4. The van der Waals surface area contributed by atoms with Gasteiger partial charge in [-0.25, -0.2) is 9.13 Å². The zero-order valence-electron chi connectivity index (χ0n) is 74.7. The van der Waals surface area contributed by atoms with Crippen molar-refractivity contribution in [1.29, 1.82) is 0 Å². The molecule has 0 radical (unpaired) electrons. The number of phosphoric acid groups is 2. The first-order valence-corrected chi connectivity index (χ1v) is 51.5. The van der Waals surface area contributed by atoms with Crippen LogP contribution in [0, 0.1) is 11.8 Å². The lowest BCUT2D eigenvalue weighted by Gasteiger charge is -2.21. The molecule has 0 saturated heterocycles. The highest BCUT2D eigenvalue weighted by molar-refractivity contribution is 7.47. The first-order chi connectivity index (χ1) is 54.9. The van der Waals surface area contributed by atoms with Crippen molar-refractivity contribution in [3.63, 3.8) is 0 Å². The van der Waals surface area contributed by atoms with Gasteiger partial charge in [0, 0.05) is 25.7 Å². The molecule has 0 rings (SSSR count). The van der Waals surface area contributed by atoms with Crippen molar-refractivity contribution in [2.45, 2.75) is 529 Å². The largest absolute Gasteiger partial charge is 0.472 e. The standard InChI is InChI=1S/C94H184O17P2/c1-7-10-12-14-16-18-20-22-24-26-28-29-30-32-36-40-44-48-52-58-64-70-76-91(96)104-82-89(110-93(98)78-72-67-60-54-50-46-42-38-34-33-35-39-43-47-51-57-63-69-75-87(6)9-3)84-108-112(100,101)106-80-88(95)81-107-113(102,103)109-85-90(83-105-92(97)77-71-65-61-55-56-62-68-74-86(4)5)111-94(99)79-73-66-59-53-49-45-41-37-31-27-25-23-21-19-17-15-13-11-8-2/h86-90,95H,7-85H2,1-6H3,(H,100,101)(H,102,103)/t87?,88-,89-,90-/m1/s1. The molecule has 0 aliphatic heterocycles. The van der Waals surface area contributed by atoms with Gasteiger partial charge in [-0.1, -0.05) is 459 Å². The Bertz CT molecular complexity index is 2150. The summed E-state index contributed by atoms with van der Waals surface area (Å²) in [7, 11) is -9.94. The fourth-order valence-electron chi connectivity index (χ4n) is 14.8. The summed E-state index contributed by atoms with van der Waals surface area (Å²) in [4.78, 5) is 73.5. The van der Waals surface area contributed by atoms with E-state index >= 15 is 0 Å². The molecular weight excluding hydrogens is 1460 g/mol. The number of phosphoric ester groups is 2. The van der Waals surface area contributed by atoms with Crippen LogP contribution in [0.4, 0.5) is 0 Å². The van der Waals surface area contributed by atoms with Crippen LogP contribution < -0.4 is 0 Å². The maximum absolute atomic E-state index is 13.2. The van der Waals surface area contributed by atoms with Crippen molar-refractivity contribution in [2.75, 3.05) is 39.6 Å². The molecule has 0 aromatic heterocycles. The van der Waals surface area contributed by atoms with E-state index in [2.05, 4.69) is 41.5 Å². The summed E-state index contributed by atoms with van der Waals surface area (Å²) in [5, 5.41) is 10.7. The van der Waals surface area contributed by atoms with Gasteiger partial charge in [-0.15, -0.1) is 0 Å². The highest BCUT2D eigenvalue weighted by Gasteiger charge is 2.31. The van der Waals surface area contributed by atoms with E-state index < -0.39 is 97.5 Å². The van der Waals surface area contributed by atoms with E-state index in [9.17, 15) is 43.2 Å². The second-order valence-corrected chi connectivity index (χ2v) is 37.4. The van der Waals surface area contributed by atoms with Gasteiger partial charge in [0.05, 0.1) is 26.4 Å². The van der Waals surface area contributed by atoms with Crippen LogP contribution in [0.3, 0.4) is 0 Å². The second-order valence-electron chi connectivity index (χ2n) is 34.5. The van der Waals surface area contributed by atoms with E-state index in [4.69, 9.17) is 37.0 Å². The van der Waals surface area contributed by atoms with Crippen LogP contribution in [0.5, 0.6) is 0 Å². The van der Waals surface area contributed by atoms with Gasteiger partial charge in [-0.2, -0.15) is 0 Å². The number of hydrogen-bond acceptors (Lipinski definition) is 15. The Morgan fingerprint density at radius 2 is 0.451 bits per heavy atom. The van der Waals surface area contributed by atoms with Crippen LogP contribution in [0.25, 0.3) is 0 Å². The Kier molecular flexibility index (Phi) is 83.6. The molecule has 0 aromatic rings. The third-order valence-electron chi connectivity index (χ3n) is 22.6. The number of carbonyl (C=O) groups excluding carboxylic acids is 4. The second kappa shape index (κ2) is 85.1. The number of aliphatic hydroxyl groups is 1. The average molecular weight is 1650 g/mol. The maximum atomic E-state index is 13.2. The van der Waals surface area contributed by atoms with Crippen molar-refractivity contribution in [3.05, 3.63) is 0 Å². The van der Waals surface area contributed by atoms with Crippen LogP contribution in [-0.2, 0) is 65.4 Å². The number of unbranched alkanes of at least 4 members (excludes halogenated alkanes) is 62. The predicted molar refractivity (Wildman–Crippen MR) is 469 cm³/mol. The minimum atomic E-state index is -4.97. The summed E-state index contributed by atoms with van der Waals surface area (Å²) in [5.41, 5.74) is 0. The molecule has 3 unspecified atom stereocenters. The number of aliphatic hydroxyl groups excluding tert-OH is 1. The van der Waals surface area contributed by atoms with Gasteiger partial charge < -0.3 is 33.8 Å². The third kappa shape index (κ3) is 86.3. The monoisotopic (exact) mass is 1650 g/mol. The lowest BCUT2D eigenvalue weighted by Crippen LogP contribution is -2.30. The average Bonchev–Trinajstić information content (AvgIpc) is 0.900. The number of esters is 4. The summed E-state index contributed by atoms with van der Waals surface area (Å²) in [6.07, 6.45) is 80.9. The Hall–Kier alpha value is -1.94. The molecule has 672 valence electrons. The first kappa shape index (κ1) is 111. The van der Waals surface area contributed by atoms with Gasteiger partial charge >= 0.3 is 39.5 Å². The maximum Gasteiger partial charge on any atom is 0.472 e. The van der Waals surface area contributed by atoms with Crippen molar-refractivity contribution in [2.24, 2.45) is 11.8 Å². The van der Waals surface area contributed by atoms with Crippen LogP contribution in [0.15, 0.2) is 0 Å². The third-order valence-corrected chi connectivity index (χ3v) is 24.5. The Labute approximate surface area is 696 Å². The topological polar surface area (TPSA) is 237 Å².